The van der Waals surface area contributed by atoms with Gasteiger partial charge in [-0.3, -0.25) is 9.89 Å². The molecule has 0 radical (unpaired) electrons. The average Bonchev–Trinajstić information content (AvgIpc) is 2.68. The number of carbonyl (C=O) groups is 1. The molecule has 17 heavy (non-hydrogen) atoms. The third-order valence-corrected chi connectivity index (χ3v) is 4.48. The molecule has 4 heteroatoms. The summed E-state index contributed by atoms with van der Waals surface area (Å²) in [5, 5.41) is 16.7. The molecule has 1 saturated carbocycles. The fourth-order valence-electron chi connectivity index (χ4n) is 3.37. The molecular formula is C13H18N2O2. The van der Waals surface area contributed by atoms with E-state index in [0.29, 0.717) is 0 Å². The van der Waals surface area contributed by atoms with Crippen LogP contribution in [0.15, 0.2) is 0 Å². The number of nitrogens with one attached hydrogen (secondary N) is 1. The van der Waals surface area contributed by atoms with Crippen molar-refractivity contribution >= 4 is 5.97 Å². The largest absolute Gasteiger partial charge is 0.481 e. The minimum absolute atomic E-state index is 0.0955. The lowest BCUT2D eigenvalue weighted by molar-refractivity contribution is -0.139. The summed E-state index contributed by atoms with van der Waals surface area (Å²) < 4.78 is 0. The number of aromatic nitrogens is 2. The molecule has 2 N–H and O–H groups in total. The Morgan fingerprint density at radius 3 is 2.76 bits per heavy atom. The number of aliphatic carboxylic acids is 1. The third-order valence-electron chi connectivity index (χ3n) is 4.48. The normalized spacial score (nSPS) is 29.8. The Morgan fingerprint density at radius 2 is 2.12 bits per heavy atom. The van der Waals surface area contributed by atoms with Crippen LogP contribution < -0.4 is 0 Å². The number of aryl methyl sites for hydroxylation is 1. The van der Waals surface area contributed by atoms with Crippen molar-refractivity contribution < 1.29 is 9.90 Å². The average molecular weight is 234 g/mol. The topological polar surface area (TPSA) is 66.0 Å². The lowest BCUT2D eigenvalue weighted by Crippen LogP contribution is -2.04. The molecule has 0 amide bonds. The molecule has 0 spiro atoms. The van der Waals surface area contributed by atoms with Gasteiger partial charge >= 0.3 is 5.97 Å². The van der Waals surface area contributed by atoms with E-state index in [1.807, 2.05) is 13.8 Å². The van der Waals surface area contributed by atoms with Gasteiger partial charge in [-0.2, -0.15) is 5.10 Å². The zero-order valence-electron chi connectivity index (χ0n) is 10.3. The molecule has 1 heterocycles. The molecule has 0 aromatic carbocycles. The first-order chi connectivity index (χ1) is 8.03. The zero-order valence-corrected chi connectivity index (χ0v) is 10.3. The maximum absolute atomic E-state index is 11.2. The van der Waals surface area contributed by atoms with E-state index in [0.717, 1.165) is 18.5 Å². The van der Waals surface area contributed by atoms with Gasteiger partial charge in [0.1, 0.15) is 0 Å². The van der Waals surface area contributed by atoms with Crippen LogP contribution in [0.4, 0.5) is 0 Å². The molecular weight excluding hydrogens is 216 g/mol. The van der Waals surface area contributed by atoms with Crippen LogP contribution in [0.3, 0.4) is 0 Å². The van der Waals surface area contributed by atoms with Gasteiger partial charge < -0.3 is 5.11 Å². The highest BCUT2D eigenvalue weighted by molar-refractivity contribution is 5.77. The summed E-state index contributed by atoms with van der Waals surface area (Å²) in [6.07, 6.45) is 4.53. The summed E-state index contributed by atoms with van der Waals surface area (Å²) in [5.74, 6) is -0.859. The summed E-state index contributed by atoms with van der Waals surface area (Å²) in [4.78, 5) is 11.2. The number of fused-ring (bicyclic) bond motifs is 1. The summed E-state index contributed by atoms with van der Waals surface area (Å²) >= 11 is 0. The molecule has 0 aliphatic heterocycles. The second-order valence-corrected chi connectivity index (χ2v) is 5.89. The maximum atomic E-state index is 11.2. The summed E-state index contributed by atoms with van der Waals surface area (Å²) in [6, 6.07) is 0. The highest BCUT2D eigenvalue weighted by atomic mass is 16.4. The predicted molar refractivity (Wildman–Crippen MR) is 62.9 cm³/mol. The van der Waals surface area contributed by atoms with E-state index in [9.17, 15) is 9.90 Å². The maximum Gasteiger partial charge on any atom is 0.307 e. The van der Waals surface area contributed by atoms with Gasteiger partial charge in [-0.1, -0.05) is 13.8 Å². The van der Waals surface area contributed by atoms with Gasteiger partial charge in [-0.15, -0.1) is 0 Å². The monoisotopic (exact) mass is 234 g/mol. The van der Waals surface area contributed by atoms with Crippen LogP contribution in [0.1, 0.15) is 49.6 Å². The number of hydrogen-bond acceptors (Lipinski definition) is 2. The van der Waals surface area contributed by atoms with Crippen molar-refractivity contribution in [3.8, 4) is 0 Å². The van der Waals surface area contributed by atoms with Crippen LogP contribution in [-0.2, 0) is 17.6 Å². The molecule has 92 valence electrons. The molecule has 2 aliphatic carbocycles. The molecule has 0 saturated heterocycles. The lowest BCUT2D eigenvalue weighted by atomic mass is 9.93. The van der Waals surface area contributed by atoms with Crippen molar-refractivity contribution in [2.45, 2.75) is 45.4 Å². The molecule has 3 rings (SSSR count). The predicted octanol–water partition coefficient (Wildman–Crippen LogP) is 2.11. The third kappa shape index (κ3) is 1.43. The molecule has 0 bridgehead atoms. The van der Waals surface area contributed by atoms with Crippen molar-refractivity contribution in [3.63, 3.8) is 0 Å². The van der Waals surface area contributed by atoms with Gasteiger partial charge in [-0.25, -0.2) is 0 Å². The van der Waals surface area contributed by atoms with Gasteiger partial charge in [-0.05, 0) is 36.7 Å². The first-order valence-electron chi connectivity index (χ1n) is 6.32. The first-order valence-corrected chi connectivity index (χ1v) is 6.32. The van der Waals surface area contributed by atoms with Crippen LogP contribution >= 0.6 is 0 Å². The van der Waals surface area contributed by atoms with Crippen molar-refractivity contribution in [2.75, 3.05) is 0 Å². The number of nitrogens with zero attached hydrogens (tertiary/aromatic N) is 1. The Labute approximate surface area is 100 Å². The summed E-state index contributed by atoms with van der Waals surface area (Å²) in [5.41, 5.74) is 3.42. The SMILES string of the molecule is CC1(C)C(C(=O)O)C1c1n[nH]c2c1CCCC2. The van der Waals surface area contributed by atoms with E-state index >= 15 is 0 Å². The standard InChI is InChI=1S/C13H18N2O2/c1-13(2)9(10(13)12(16)17)11-7-5-3-4-6-8(7)14-15-11/h9-10H,3-6H2,1-2H3,(H,14,15)(H,16,17). The number of aromatic amines is 1. The van der Waals surface area contributed by atoms with E-state index in [1.54, 1.807) is 0 Å². The molecule has 1 fully saturated rings. The van der Waals surface area contributed by atoms with Crippen LogP contribution in [-0.4, -0.2) is 21.3 Å². The molecule has 1 aromatic heterocycles. The number of carboxylic acids is 1. The quantitative estimate of drug-likeness (QED) is 0.823. The molecule has 2 unspecified atom stereocenters. The minimum Gasteiger partial charge on any atom is -0.481 e. The molecule has 4 nitrogen and oxygen atoms in total. The highest BCUT2D eigenvalue weighted by Crippen LogP contribution is 2.64. The Morgan fingerprint density at radius 1 is 1.41 bits per heavy atom. The van der Waals surface area contributed by atoms with E-state index in [4.69, 9.17) is 0 Å². The van der Waals surface area contributed by atoms with Crippen LogP contribution in [0.25, 0.3) is 0 Å². The Balaban J connectivity index is 1.96. The molecule has 1 aromatic rings. The van der Waals surface area contributed by atoms with Crippen molar-refractivity contribution in [3.05, 3.63) is 17.0 Å². The number of rotatable bonds is 2. The smallest absolute Gasteiger partial charge is 0.307 e. The lowest BCUT2D eigenvalue weighted by Gasteiger charge is -2.11. The van der Waals surface area contributed by atoms with E-state index in [-0.39, 0.29) is 17.3 Å². The minimum atomic E-state index is -0.687. The van der Waals surface area contributed by atoms with Gasteiger partial charge in [0.25, 0.3) is 0 Å². The fourth-order valence-corrected chi connectivity index (χ4v) is 3.37. The number of H-pyrrole nitrogens is 1. The van der Waals surface area contributed by atoms with Gasteiger partial charge in [0.05, 0.1) is 11.6 Å². The Kier molecular flexibility index (Phi) is 2.12. The summed E-state index contributed by atoms with van der Waals surface area (Å²) in [6.45, 7) is 4.06. The second-order valence-electron chi connectivity index (χ2n) is 5.89. The van der Waals surface area contributed by atoms with E-state index < -0.39 is 5.97 Å². The first kappa shape index (κ1) is 10.8. The van der Waals surface area contributed by atoms with Crippen molar-refractivity contribution in [1.29, 1.82) is 0 Å². The van der Waals surface area contributed by atoms with Crippen molar-refractivity contribution in [1.82, 2.24) is 10.2 Å². The van der Waals surface area contributed by atoms with Crippen molar-refractivity contribution in [2.24, 2.45) is 11.3 Å². The molecule has 2 aliphatic rings. The van der Waals surface area contributed by atoms with Crippen LogP contribution in [0.5, 0.6) is 0 Å². The van der Waals surface area contributed by atoms with Crippen LogP contribution in [0.2, 0.25) is 0 Å². The van der Waals surface area contributed by atoms with Gasteiger partial charge in [0.2, 0.25) is 0 Å². The zero-order chi connectivity index (χ0) is 12.2. The Hall–Kier alpha value is -1.32. The second kappa shape index (κ2) is 3.34. The van der Waals surface area contributed by atoms with Gasteiger partial charge in [0, 0.05) is 11.6 Å². The summed E-state index contributed by atoms with van der Waals surface area (Å²) in [7, 11) is 0. The van der Waals surface area contributed by atoms with Crippen LogP contribution in [0, 0.1) is 11.3 Å². The highest BCUT2D eigenvalue weighted by Gasteiger charge is 2.64. The van der Waals surface area contributed by atoms with E-state index in [1.165, 1.54) is 24.1 Å². The fraction of sp³-hybridized carbons (Fsp3) is 0.692. The van der Waals surface area contributed by atoms with E-state index in [2.05, 4.69) is 10.2 Å². The Bertz CT molecular complexity index is 476. The number of carboxylic acid groups (broad SMARTS) is 1. The number of hydrogen-bond donors (Lipinski definition) is 2. The molecule has 2 atom stereocenters. The van der Waals surface area contributed by atoms with Gasteiger partial charge in [0.15, 0.2) is 0 Å².